The third-order valence-electron chi connectivity index (χ3n) is 3.54. The number of rotatable bonds is 8. The molecule has 1 rings (SSSR count). The Bertz CT molecular complexity index is 395. The minimum Gasteiger partial charge on any atom is -0.314 e. The van der Waals surface area contributed by atoms with Crippen LogP contribution in [0.5, 0.6) is 0 Å². The molecule has 1 aromatic rings. The van der Waals surface area contributed by atoms with Crippen LogP contribution in [-0.2, 0) is 12.6 Å². The van der Waals surface area contributed by atoms with E-state index in [4.69, 9.17) is 0 Å². The van der Waals surface area contributed by atoms with Crippen molar-refractivity contribution in [2.45, 2.75) is 58.7 Å². The van der Waals surface area contributed by atoms with Crippen LogP contribution >= 0.6 is 0 Å². The first-order valence-corrected chi connectivity index (χ1v) is 7.72. The summed E-state index contributed by atoms with van der Waals surface area (Å²) in [6, 6.07) is 5.88. The summed E-state index contributed by atoms with van der Waals surface area (Å²) in [6.07, 6.45) is -0.229. The average molecular weight is 301 g/mol. The number of benzene rings is 1. The molecule has 0 amide bonds. The molecule has 0 spiro atoms. The summed E-state index contributed by atoms with van der Waals surface area (Å²) in [7, 11) is 0. The molecule has 1 aromatic carbocycles. The fourth-order valence-corrected chi connectivity index (χ4v) is 2.27. The third-order valence-corrected chi connectivity index (χ3v) is 3.54. The Morgan fingerprint density at radius 3 is 2.14 bits per heavy atom. The summed E-state index contributed by atoms with van der Waals surface area (Å²) in [5.41, 5.74) is 0.381. The Morgan fingerprint density at radius 1 is 1.05 bits per heavy atom. The number of hydrogen-bond donors (Lipinski definition) is 1. The maximum absolute atomic E-state index is 12.5. The van der Waals surface area contributed by atoms with Crippen molar-refractivity contribution in [2.24, 2.45) is 5.92 Å². The largest absolute Gasteiger partial charge is 0.416 e. The predicted octanol–water partition coefficient (Wildman–Crippen LogP) is 5.05. The molecule has 1 atom stereocenters. The molecule has 120 valence electrons. The summed E-state index contributed by atoms with van der Waals surface area (Å²) in [5.74, 6) is 0.642. The van der Waals surface area contributed by atoms with Gasteiger partial charge in [-0.15, -0.1) is 0 Å². The van der Waals surface area contributed by atoms with Crippen LogP contribution in [0.2, 0.25) is 0 Å². The molecular formula is C17H26F3N. The number of hydrogen-bond acceptors (Lipinski definition) is 1. The predicted molar refractivity (Wildman–Crippen MR) is 81.3 cm³/mol. The quantitative estimate of drug-likeness (QED) is 0.708. The van der Waals surface area contributed by atoms with Crippen molar-refractivity contribution in [3.8, 4) is 0 Å². The van der Waals surface area contributed by atoms with Gasteiger partial charge < -0.3 is 5.32 Å². The lowest BCUT2D eigenvalue weighted by molar-refractivity contribution is -0.137. The van der Waals surface area contributed by atoms with Gasteiger partial charge in [-0.1, -0.05) is 32.9 Å². The van der Waals surface area contributed by atoms with Crippen LogP contribution in [0, 0.1) is 5.92 Å². The first-order chi connectivity index (χ1) is 9.82. The van der Waals surface area contributed by atoms with E-state index in [1.807, 2.05) is 0 Å². The van der Waals surface area contributed by atoms with Crippen molar-refractivity contribution in [1.82, 2.24) is 5.32 Å². The topological polar surface area (TPSA) is 12.0 Å². The van der Waals surface area contributed by atoms with Crippen molar-refractivity contribution in [3.63, 3.8) is 0 Å². The molecule has 1 N–H and O–H groups in total. The van der Waals surface area contributed by atoms with Gasteiger partial charge in [0.25, 0.3) is 0 Å². The molecule has 0 aliphatic heterocycles. The van der Waals surface area contributed by atoms with Crippen LogP contribution in [0.25, 0.3) is 0 Å². The highest BCUT2D eigenvalue weighted by molar-refractivity contribution is 5.25. The van der Waals surface area contributed by atoms with E-state index in [2.05, 4.69) is 26.1 Å². The molecule has 0 aliphatic rings. The van der Waals surface area contributed by atoms with Crippen LogP contribution in [0.4, 0.5) is 13.2 Å². The van der Waals surface area contributed by atoms with Gasteiger partial charge in [-0.25, -0.2) is 0 Å². The van der Waals surface area contributed by atoms with E-state index in [0.29, 0.717) is 12.0 Å². The summed E-state index contributed by atoms with van der Waals surface area (Å²) in [6.45, 7) is 7.44. The summed E-state index contributed by atoms with van der Waals surface area (Å²) < 4.78 is 37.6. The number of nitrogens with one attached hydrogen (secondary N) is 1. The standard InChI is InChI=1S/C17H26F3N/c1-4-11-21-16(10-5-13(2)3)12-14-6-8-15(9-7-14)17(18,19)20/h6-9,13,16,21H,4-5,10-12H2,1-3H3. The molecule has 21 heavy (non-hydrogen) atoms. The Kier molecular flexibility index (Phi) is 7.23. The van der Waals surface area contributed by atoms with E-state index in [-0.39, 0.29) is 0 Å². The van der Waals surface area contributed by atoms with Crippen LogP contribution in [0.15, 0.2) is 24.3 Å². The molecular weight excluding hydrogens is 275 g/mol. The van der Waals surface area contributed by atoms with Gasteiger partial charge >= 0.3 is 6.18 Å². The first kappa shape index (κ1) is 18.0. The molecule has 1 nitrogen and oxygen atoms in total. The lowest BCUT2D eigenvalue weighted by atomic mass is 9.97. The van der Waals surface area contributed by atoms with E-state index in [0.717, 1.165) is 37.8 Å². The molecule has 0 fully saturated rings. The summed E-state index contributed by atoms with van der Waals surface area (Å²) in [4.78, 5) is 0. The molecule has 0 aromatic heterocycles. The molecule has 0 aliphatic carbocycles. The maximum atomic E-state index is 12.5. The molecule has 0 bridgehead atoms. The zero-order chi connectivity index (χ0) is 15.9. The van der Waals surface area contributed by atoms with Gasteiger partial charge in [0.05, 0.1) is 5.56 Å². The summed E-state index contributed by atoms with van der Waals surface area (Å²) >= 11 is 0. The van der Waals surface area contributed by atoms with Crippen molar-refractivity contribution in [1.29, 1.82) is 0 Å². The van der Waals surface area contributed by atoms with Gasteiger partial charge in [-0.2, -0.15) is 13.2 Å². The molecule has 0 saturated heterocycles. The molecule has 0 heterocycles. The lowest BCUT2D eigenvalue weighted by Crippen LogP contribution is -2.32. The van der Waals surface area contributed by atoms with E-state index < -0.39 is 11.7 Å². The molecule has 0 saturated carbocycles. The second kappa shape index (κ2) is 8.42. The van der Waals surface area contributed by atoms with Gasteiger partial charge in [-0.3, -0.25) is 0 Å². The summed E-state index contributed by atoms with van der Waals surface area (Å²) in [5, 5.41) is 3.50. The number of alkyl halides is 3. The first-order valence-electron chi connectivity index (χ1n) is 7.72. The minimum absolute atomic E-state index is 0.337. The van der Waals surface area contributed by atoms with Gasteiger partial charge in [0.15, 0.2) is 0 Å². The van der Waals surface area contributed by atoms with Crippen molar-refractivity contribution in [2.75, 3.05) is 6.54 Å². The highest BCUT2D eigenvalue weighted by atomic mass is 19.4. The zero-order valence-electron chi connectivity index (χ0n) is 13.1. The molecule has 4 heteroatoms. The van der Waals surface area contributed by atoms with Crippen LogP contribution in [0.1, 0.15) is 51.2 Å². The minimum atomic E-state index is -4.25. The fourth-order valence-electron chi connectivity index (χ4n) is 2.27. The normalized spacial score (nSPS) is 13.7. The second-order valence-electron chi connectivity index (χ2n) is 6.02. The average Bonchev–Trinajstić information content (AvgIpc) is 2.41. The Labute approximate surface area is 125 Å². The molecule has 1 unspecified atom stereocenters. The van der Waals surface area contributed by atoms with Gasteiger partial charge in [-0.05, 0) is 55.8 Å². The van der Waals surface area contributed by atoms with E-state index in [9.17, 15) is 13.2 Å². The highest BCUT2D eigenvalue weighted by Crippen LogP contribution is 2.29. The van der Waals surface area contributed by atoms with Crippen molar-refractivity contribution >= 4 is 0 Å². The van der Waals surface area contributed by atoms with Gasteiger partial charge in [0, 0.05) is 6.04 Å². The van der Waals surface area contributed by atoms with Crippen LogP contribution < -0.4 is 5.32 Å². The second-order valence-corrected chi connectivity index (χ2v) is 6.02. The Hall–Kier alpha value is -1.03. The van der Waals surface area contributed by atoms with E-state index >= 15 is 0 Å². The van der Waals surface area contributed by atoms with Crippen molar-refractivity contribution < 1.29 is 13.2 Å². The number of halogens is 3. The zero-order valence-corrected chi connectivity index (χ0v) is 13.1. The Morgan fingerprint density at radius 2 is 1.67 bits per heavy atom. The van der Waals surface area contributed by atoms with E-state index in [1.165, 1.54) is 12.1 Å². The van der Waals surface area contributed by atoms with E-state index in [1.54, 1.807) is 12.1 Å². The third kappa shape index (κ3) is 6.98. The maximum Gasteiger partial charge on any atom is 0.416 e. The smallest absolute Gasteiger partial charge is 0.314 e. The van der Waals surface area contributed by atoms with Gasteiger partial charge in [0.1, 0.15) is 0 Å². The lowest BCUT2D eigenvalue weighted by Gasteiger charge is -2.20. The fraction of sp³-hybridized carbons (Fsp3) is 0.647. The SMILES string of the molecule is CCCNC(CCC(C)C)Cc1ccc(C(F)(F)F)cc1. The molecule has 0 radical (unpaired) electrons. The Balaban J connectivity index is 2.64. The van der Waals surface area contributed by atoms with Gasteiger partial charge in [0.2, 0.25) is 0 Å². The monoisotopic (exact) mass is 301 g/mol. The van der Waals surface area contributed by atoms with Crippen LogP contribution in [-0.4, -0.2) is 12.6 Å². The van der Waals surface area contributed by atoms with Crippen molar-refractivity contribution in [3.05, 3.63) is 35.4 Å². The van der Waals surface area contributed by atoms with Crippen LogP contribution in [0.3, 0.4) is 0 Å². The highest BCUT2D eigenvalue weighted by Gasteiger charge is 2.29.